The van der Waals surface area contributed by atoms with Gasteiger partial charge in [0.15, 0.2) is 5.65 Å². The number of carbonyl (C=O) groups is 1. The first-order valence-corrected chi connectivity index (χ1v) is 14.2. The highest BCUT2D eigenvalue weighted by Gasteiger charge is 2.32. The summed E-state index contributed by atoms with van der Waals surface area (Å²) in [5.41, 5.74) is 2.72. The fraction of sp³-hybridized carbons (Fsp3) is 0.458. The molecule has 2 aliphatic rings. The van der Waals surface area contributed by atoms with Crippen molar-refractivity contribution in [3.63, 3.8) is 0 Å². The van der Waals surface area contributed by atoms with Crippen molar-refractivity contribution in [3.05, 3.63) is 52.3 Å². The highest BCUT2D eigenvalue weighted by atomic mass is 35.5. The number of β-amino-alcohol motifs (C(OH)–C–C–N with tert-alkyl or cyclic N) is 1. The Morgan fingerprint density at radius 3 is 2.69 bits per heavy atom. The molecule has 2 fully saturated rings. The molecule has 2 atom stereocenters. The van der Waals surface area contributed by atoms with Gasteiger partial charge in [-0.1, -0.05) is 11.6 Å². The topological polar surface area (TPSA) is 120 Å². The second-order valence-electron chi connectivity index (χ2n) is 9.56. The number of hydrogen-bond donors (Lipinski definition) is 2. The molecular formula is C24H29ClN6O4S. The number of hydrogen-bond acceptors (Lipinski definition) is 7. The van der Waals surface area contributed by atoms with Gasteiger partial charge >= 0.3 is 0 Å². The third-order valence-corrected chi connectivity index (χ3v) is 7.54. The average Bonchev–Trinajstić information content (AvgIpc) is 3.45. The van der Waals surface area contributed by atoms with E-state index in [0.29, 0.717) is 23.8 Å². The van der Waals surface area contributed by atoms with Gasteiger partial charge in [0.25, 0.3) is 5.91 Å². The van der Waals surface area contributed by atoms with Gasteiger partial charge in [0, 0.05) is 42.5 Å². The fourth-order valence-electron chi connectivity index (χ4n) is 5.02. The van der Waals surface area contributed by atoms with Crippen LogP contribution in [0.25, 0.3) is 5.65 Å². The number of anilines is 2. The largest absolute Gasteiger partial charge is 0.391 e. The molecule has 0 radical (unpaired) electrons. The number of amides is 1. The number of fused-ring (bicyclic) bond motifs is 1. The van der Waals surface area contributed by atoms with Crippen LogP contribution in [0.15, 0.2) is 30.3 Å². The lowest BCUT2D eigenvalue weighted by Gasteiger charge is -2.35. The molecule has 36 heavy (non-hydrogen) atoms. The van der Waals surface area contributed by atoms with Gasteiger partial charge in [-0.3, -0.25) is 9.52 Å². The van der Waals surface area contributed by atoms with Gasteiger partial charge in [0.1, 0.15) is 5.82 Å². The summed E-state index contributed by atoms with van der Waals surface area (Å²) in [4.78, 5) is 22.3. The predicted molar refractivity (Wildman–Crippen MR) is 138 cm³/mol. The van der Waals surface area contributed by atoms with E-state index in [0.717, 1.165) is 55.7 Å². The number of likely N-dealkylation sites (tertiary alicyclic amines) is 1. The molecule has 2 saturated heterocycles. The number of halogens is 1. The van der Waals surface area contributed by atoms with Crippen molar-refractivity contribution in [1.82, 2.24) is 19.5 Å². The minimum absolute atomic E-state index is 0.196. The van der Waals surface area contributed by atoms with Gasteiger partial charge in [-0.2, -0.15) is 5.10 Å². The Bertz CT molecular complexity index is 1430. The number of rotatable bonds is 5. The standard InChI is InChI=1S/C24H29ClN6O4S/c1-15-11-22(29-10-8-17(32)14-29)26-23-13-20(27-31(15)23)21-5-3-4-9-30(21)24(33)18-12-16(25)6-7-19(18)28-36(2,34)35/h6-7,11-13,17,21,28,32H,3-5,8-10,14H2,1-2H3/t17-,21-/m0/s1. The van der Waals surface area contributed by atoms with Crippen molar-refractivity contribution in [1.29, 1.82) is 0 Å². The van der Waals surface area contributed by atoms with Gasteiger partial charge in [0.2, 0.25) is 10.0 Å². The summed E-state index contributed by atoms with van der Waals surface area (Å²) < 4.78 is 28.0. The van der Waals surface area contributed by atoms with Crippen molar-refractivity contribution in [2.75, 3.05) is 35.5 Å². The van der Waals surface area contributed by atoms with Crippen LogP contribution in [-0.2, 0) is 10.0 Å². The van der Waals surface area contributed by atoms with Crippen LogP contribution < -0.4 is 9.62 Å². The van der Waals surface area contributed by atoms with Crippen molar-refractivity contribution < 1.29 is 18.3 Å². The maximum atomic E-state index is 13.7. The van der Waals surface area contributed by atoms with Gasteiger partial charge in [-0.25, -0.2) is 17.9 Å². The summed E-state index contributed by atoms with van der Waals surface area (Å²) in [6, 6.07) is 8.13. The smallest absolute Gasteiger partial charge is 0.256 e. The first kappa shape index (κ1) is 24.8. The lowest BCUT2D eigenvalue weighted by atomic mass is 9.98. The van der Waals surface area contributed by atoms with E-state index < -0.39 is 10.0 Å². The first-order valence-electron chi connectivity index (χ1n) is 12.0. The third kappa shape index (κ3) is 5.00. The Labute approximate surface area is 214 Å². The van der Waals surface area contributed by atoms with E-state index in [-0.39, 0.29) is 29.3 Å². The Kier molecular flexibility index (Phi) is 6.56. The quantitative estimate of drug-likeness (QED) is 0.518. The van der Waals surface area contributed by atoms with Gasteiger partial charge in [0.05, 0.1) is 35.3 Å². The van der Waals surface area contributed by atoms with Gasteiger partial charge < -0.3 is 14.9 Å². The first-order chi connectivity index (χ1) is 17.1. The molecule has 2 aliphatic heterocycles. The molecule has 0 saturated carbocycles. The van der Waals surface area contributed by atoms with Crippen LogP contribution in [0.5, 0.6) is 0 Å². The molecule has 2 aromatic heterocycles. The summed E-state index contributed by atoms with van der Waals surface area (Å²) in [6.45, 7) is 3.78. The number of sulfonamides is 1. The molecule has 0 unspecified atom stereocenters. The van der Waals surface area contributed by atoms with E-state index in [1.54, 1.807) is 15.5 Å². The molecule has 4 heterocycles. The molecule has 2 N–H and O–H groups in total. The van der Waals surface area contributed by atoms with Crippen molar-refractivity contribution >= 4 is 44.7 Å². The molecule has 192 valence electrons. The maximum Gasteiger partial charge on any atom is 0.256 e. The van der Waals surface area contributed by atoms with Crippen molar-refractivity contribution in [2.45, 2.75) is 44.8 Å². The van der Waals surface area contributed by atoms with E-state index in [4.69, 9.17) is 21.7 Å². The van der Waals surface area contributed by atoms with Gasteiger partial charge in [-0.15, -0.1) is 0 Å². The van der Waals surface area contributed by atoms with Gasteiger partial charge in [-0.05, 0) is 50.8 Å². The number of aliphatic hydroxyl groups excluding tert-OH is 1. The zero-order chi connectivity index (χ0) is 25.6. The maximum absolute atomic E-state index is 13.7. The van der Waals surface area contributed by atoms with E-state index in [1.165, 1.54) is 12.1 Å². The van der Waals surface area contributed by atoms with Crippen LogP contribution in [0.1, 0.15) is 53.5 Å². The Morgan fingerprint density at radius 1 is 1.17 bits per heavy atom. The minimum Gasteiger partial charge on any atom is -0.391 e. The number of benzene rings is 1. The molecule has 1 aromatic carbocycles. The minimum atomic E-state index is -3.59. The molecule has 12 heteroatoms. The molecule has 5 rings (SSSR count). The molecule has 10 nitrogen and oxygen atoms in total. The van der Waals surface area contributed by atoms with Crippen LogP contribution in [0.3, 0.4) is 0 Å². The summed E-state index contributed by atoms with van der Waals surface area (Å²) in [6.07, 6.45) is 3.92. The molecular weight excluding hydrogens is 504 g/mol. The lowest BCUT2D eigenvalue weighted by molar-refractivity contribution is 0.0607. The summed E-state index contributed by atoms with van der Waals surface area (Å²) in [7, 11) is -3.59. The Hall–Kier alpha value is -2.89. The second kappa shape index (κ2) is 9.53. The average molecular weight is 533 g/mol. The van der Waals surface area contributed by atoms with E-state index >= 15 is 0 Å². The number of carbonyl (C=O) groups excluding carboxylic acids is 1. The number of aryl methyl sites for hydroxylation is 1. The zero-order valence-electron chi connectivity index (χ0n) is 20.2. The predicted octanol–water partition coefficient (Wildman–Crippen LogP) is 3.00. The third-order valence-electron chi connectivity index (χ3n) is 6.71. The van der Waals surface area contributed by atoms with E-state index in [2.05, 4.69) is 9.62 Å². The SMILES string of the molecule is Cc1cc(N2CC[C@H](O)C2)nc2cc([C@@H]3CCCCN3C(=O)c3cc(Cl)ccc3NS(C)(=O)=O)nn12. The van der Waals surface area contributed by atoms with Crippen LogP contribution in [-0.4, -0.2) is 70.9 Å². The van der Waals surface area contributed by atoms with Crippen LogP contribution in [0.2, 0.25) is 5.02 Å². The van der Waals surface area contributed by atoms with Crippen LogP contribution in [0, 0.1) is 6.92 Å². The summed E-state index contributed by atoms with van der Waals surface area (Å²) >= 11 is 6.18. The number of aliphatic hydroxyl groups is 1. The Morgan fingerprint density at radius 2 is 1.97 bits per heavy atom. The molecule has 3 aromatic rings. The second-order valence-corrected chi connectivity index (χ2v) is 11.7. The molecule has 1 amide bonds. The lowest BCUT2D eigenvalue weighted by Crippen LogP contribution is -2.39. The number of piperidine rings is 1. The van der Waals surface area contributed by atoms with Crippen molar-refractivity contribution in [3.8, 4) is 0 Å². The van der Waals surface area contributed by atoms with E-state index in [1.807, 2.05) is 19.1 Å². The van der Waals surface area contributed by atoms with E-state index in [9.17, 15) is 18.3 Å². The number of nitrogens with one attached hydrogen (secondary N) is 1. The highest BCUT2D eigenvalue weighted by Crippen LogP contribution is 2.34. The molecule has 0 spiro atoms. The summed E-state index contributed by atoms with van der Waals surface area (Å²) in [5, 5.41) is 15.1. The number of aromatic nitrogens is 3. The van der Waals surface area contributed by atoms with Crippen molar-refractivity contribution in [2.24, 2.45) is 0 Å². The zero-order valence-corrected chi connectivity index (χ0v) is 21.8. The summed E-state index contributed by atoms with van der Waals surface area (Å²) in [5.74, 6) is 0.497. The van der Waals surface area contributed by atoms with Crippen LogP contribution in [0.4, 0.5) is 11.5 Å². The number of nitrogens with zero attached hydrogens (tertiary/aromatic N) is 5. The molecule has 0 aliphatic carbocycles. The molecule has 0 bridgehead atoms. The highest BCUT2D eigenvalue weighted by molar-refractivity contribution is 7.92. The fourth-order valence-corrected chi connectivity index (χ4v) is 5.77. The monoisotopic (exact) mass is 532 g/mol. The Balaban J connectivity index is 1.49. The van der Waals surface area contributed by atoms with Crippen LogP contribution >= 0.6 is 11.6 Å². The normalized spacial score (nSPS) is 20.8.